The number of hydrogen-bond donors (Lipinski definition) is 2. The van der Waals surface area contributed by atoms with Gasteiger partial charge in [0.1, 0.15) is 5.82 Å². The molecule has 0 bridgehead atoms. The molecule has 1 atom stereocenters. The van der Waals surface area contributed by atoms with Gasteiger partial charge in [0.15, 0.2) is 0 Å². The first-order chi connectivity index (χ1) is 6.90. The Bertz CT molecular complexity index is 404. The first kappa shape index (κ1) is 10.7. The van der Waals surface area contributed by atoms with Crippen molar-refractivity contribution in [3.8, 4) is 0 Å². The molecule has 0 aromatic heterocycles. The zero-order valence-electron chi connectivity index (χ0n) is 8.77. The van der Waals surface area contributed by atoms with Crippen molar-refractivity contribution in [3.05, 3.63) is 22.4 Å². The molecule has 4 heteroatoms. The molecule has 0 amide bonds. The molecule has 3 N–H and O–H groups in total. The quantitative estimate of drug-likeness (QED) is 0.811. The molecule has 2 rings (SSSR count). The second-order valence-corrected chi connectivity index (χ2v) is 5.60. The summed E-state index contributed by atoms with van der Waals surface area (Å²) in [7, 11) is 0. The molecule has 1 aliphatic rings. The van der Waals surface area contributed by atoms with Gasteiger partial charge in [-0.1, -0.05) is 13.8 Å². The molecule has 1 fully saturated rings. The number of anilines is 2. The third-order valence-electron chi connectivity index (χ3n) is 2.94. The van der Waals surface area contributed by atoms with Gasteiger partial charge in [-0.05, 0) is 33.8 Å². The molecule has 82 valence electrons. The standard InChI is InChI=1S/C11H14BrFN2/c1-11(2)5-10(11)15-9-3-6(12)7(13)4-8(9)14/h3-4,10,15H,5,14H2,1-2H3. The van der Waals surface area contributed by atoms with Crippen LogP contribution >= 0.6 is 15.9 Å². The number of benzene rings is 1. The van der Waals surface area contributed by atoms with Crippen LogP contribution in [0, 0.1) is 11.2 Å². The minimum Gasteiger partial charge on any atom is -0.397 e. The van der Waals surface area contributed by atoms with Crippen LogP contribution in [-0.2, 0) is 0 Å². The minimum atomic E-state index is -0.326. The molecule has 1 aliphatic carbocycles. The lowest BCUT2D eigenvalue weighted by Crippen LogP contribution is -2.10. The van der Waals surface area contributed by atoms with Gasteiger partial charge in [-0.25, -0.2) is 4.39 Å². The van der Waals surface area contributed by atoms with E-state index in [1.54, 1.807) is 6.07 Å². The van der Waals surface area contributed by atoms with E-state index in [4.69, 9.17) is 5.73 Å². The Balaban J connectivity index is 2.19. The normalized spacial score (nSPS) is 22.5. The van der Waals surface area contributed by atoms with Crippen LogP contribution in [0.1, 0.15) is 20.3 Å². The number of halogens is 2. The van der Waals surface area contributed by atoms with E-state index in [0.29, 0.717) is 21.6 Å². The summed E-state index contributed by atoms with van der Waals surface area (Å²) in [6.45, 7) is 4.39. The molecule has 0 spiro atoms. The fourth-order valence-electron chi connectivity index (χ4n) is 1.59. The van der Waals surface area contributed by atoms with Crippen molar-refractivity contribution in [1.82, 2.24) is 0 Å². The summed E-state index contributed by atoms with van der Waals surface area (Å²) in [4.78, 5) is 0. The molecule has 1 aromatic rings. The van der Waals surface area contributed by atoms with Gasteiger partial charge in [0.25, 0.3) is 0 Å². The number of nitrogens with two attached hydrogens (primary N) is 1. The van der Waals surface area contributed by atoms with E-state index in [2.05, 4.69) is 35.1 Å². The molecular weight excluding hydrogens is 259 g/mol. The summed E-state index contributed by atoms with van der Waals surface area (Å²) in [5.74, 6) is -0.326. The van der Waals surface area contributed by atoms with E-state index in [0.717, 1.165) is 12.1 Å². The van der Waals surface area contributed by atoms with E-state index in [-0.39, 0.29) is 5.82 Å². The maximum absolute atomic E-state index is 13.1. The summed E-state index contributed by atoms with van der Waals surface area (Å²) in [6.07, 6.45) is 1.13. The summed E-state index contributed by atoms with van der Waals surface area (Å²) < 4.78 is 13.6. The molecule has 2 nitrogen and oxygen atoms in total. The van der Waals surface area contributed by atoms with Gasteiger partial charge in [-0.3, -0.25) is 0 Å². The van der Waals surface area contributed by atoms with Crippen LogP contribution in [0.5, 0.6) is 0 Å². The van der Waals surface area contributed by atoms with Gasteiger partial charge < -0.3 is 11.1 Å². The van der Waals surface area contributed by atoms with Crippen LogP contribution in [0.4, 0.5) is 15.8 Å². The third kappa shape index (κ3) is 2.09. The van der Waals surface area contributed by atoms with Gasteiger partial charge in [0, 0.05) is 12.1 Å². The number of rotatable bonds is 2. The number of nitrogen functional groups attached to an aromatic ring is 1. The highest BCUT2D eigenvalue weighted by Crippen LogP contribution is 2.47. The predicted molar refractivity (Wildman–Crippen MR) is 64.3 cm³/mol. The monoisotopic (exact) mass is 272 g/mol. The van der Waals surface area contributed by atoms with Crippen LogP contribution in [0.2, 0.25) is 0 Å². The maximum atomic E-state index is 13.1. The Morgan fingerprint density at radius 1 is 1.53 bits per heavy atom. The third-order valence-corrected chi connectivity index (χ3v) is 3.54. The van der Waals surface area contributed by atoms with Crippen molar-refractivity contribution >= 4 is 27.3 Å². The maximum Gasteiger partial charge on any atom is 0.139 e. The van der Waals surface area contributed by atoms with E-state index in [9.17, 15) is 4.39 Å². The Kier molecular flexibility index (Phi) is 2.41. The summed E-state index contributed by atoms with van der Waals surface area (Å²) in [6, 6.07) is 3.47. The van der Waals surface area contributed by atoms with E-state index < -0.39 is 0 Å². The molecule has 1 aromatic carbocycles. The van der Waals surface area contributed by atoms with Crippen LogP contribution in [-0.4, -0.2) is 6.04 Å². The largest absolute Gasteiger partial charge is 0.397 e. The van der Waals surface area contributed by atoms with Crippen LogP contribution in [0.15, 0.2) is 16.6 Å². The molecule has 15 heavy (non-hydrogen) atoms. The summed E-state index contributed by atoms with van der Waals surface area (Å²) in [5, 5.41) is 3.32. The highest BCUT2D eigenvalue weighted by Gasteiger charge is 2.45. The first-order valence-electron chi connectivity index (χ1n) is 4.91. The Morgan fingerprint density at radius 2 is 2.13 bits per heavy atom. The van der Waals surface area contributed by atoms with E-state index in [1.165, 1.54) is 6.07 Å². The molecule has 1 unspecified atom stereocenters. The number of nitrogens with one attached hydrogen (secondary N) is 1. The van der Waals surface area contributed by atoms with Gasteiger partial charge >= 0.3 is 0 Å². The van der Waals surface area contributed by atoms with Crippen LogP contribution in [0.3, 0.4) is 0 Å². The average molecular weight is 273 g/mol. The van der Waals surface area contributed by atoms with Gasteiger partial charge in [-0.15, -0.1) is 0 Å². The van der Waals surface area contributed by atoms with Crippen LogP contribution in [0.25, 0.3) is 0 Å². The summed E-state index contributed by atoms with van der Waals surface area (Å²) in [5.41, 5.74) is 7.32. The smallest absolute Gasteiger partial charge is 0.139 e. The summed E-state index contributed by atoms with van der Waals surface area (Å²) >= 11 is 3.15. The van der Waals surface area contributed by atoms with Crippen molar-refractivity contribution in [3.63, 3.8) is 0 Å². The zero-order valence-corrected chi connectivity index (χ0v) is 10.4. The highest BCUT2D eigenvalue weighted by atomic mass is 79.9. The first-order valence-corrected chi connectivity index (χ1v) is 5.70. The lowest BCUT2D eigenvalue weighted by atomic mass is 10.2. The topological polar surface area (TPSA) is 38.0 Å². The predicted octanol–water partition coefficient (Wildman–Crippen LogP) is 3.38. The lowest BCUT2D eigenvalue weighted by Gasteiger charge is -2.11. The second kappa shape index (κ2) is 3.37. The number of hydrogen-bond acceptors (Lipinski definition) is 2. The van der Waals surface area contributed by atoms with E-state index >= 15 is 0 Å². The fourth-order valence-corrected chi connectivity index (χ4v) is 1.93. The SMILES string of the molecule is CC1(C)CC1Nc1cc(Br)c(F)cc1N. The molecule has 0 radical (unpaired) electrons. The fraction of sp³-hybridized carbons (Fsp3) is 0.455. The molecule has 0 heterocycles. The van der Waals surface area contributed by atoms with Crippen molar-refractivity contribution in [1.29, 1.82) is 0 Å². The molecule has 1 saturated carbocycles. The highest BCUT2D eigenvalue weighted by molar-refractivity contribution is 9.10. The van der Waals surface area contributed by atoms with Crippen molar-refractivity contribution < 1.29 is 4.39 Å². The van der Waals surface area contributed by atoms with Crippen molar-refractivity contribution in [2.24, 2.45) is 5.41 Å². The zero-order chi connectivity index (χ0) is 11.2. The van der Waals surface area contributed by atoms with Gasteiger partial charge in [-0.2, -0.15) is 0 Å². The molecule has 0 saturated heterocycles. The lowest BCUT2D eigenvalue weighted by molar-refractivity contribution is 0.621. The van der Waals surface area contributed by atoms with Crippen LogP contribution < -0.4 is 11.1 Å². The Labute approximate surface area is 97.2 Å². The molecular formula is C11H14BrFN2. The average Bonchev–Trinajstić information content (AvgIpc) is 2.70. The second-order valence-electron chi connectivity index (χ2n) is 4.74. The minimum absolute atomic E-state index is 0.326. The van der Waals surface area contributed by atoms with E-state index in [1.807, 2.05) is 0 Å². The van der Waals surface area contributed by atoms with Gasteiger partial charge in [0.2, 0.25) is 0 Å². The van der Waals surface area contributed by atoms with Gasteiger partial charge in [0.05, 0.1) is 15.8 Å². The van der Waals surface area contributed by atoms with Crippen molar-refractivity contribution in [2.75, 3.05) is 11.1 Å². The Morgan fingerprint density at radius 3 is 2.67 bits per heavy atom. The Hall–Kier alpha value is -0.770. The molecule has 0 aliphatic heterocycles. The van der Waals surface area contributed by atoms with Crippen molar-refractivity contribution in [2.45, 2.75) is 26.3 Å².